The molecule has 1 aromatic heterocycles. The van der Waals surface area contributed by atoms with Crippen LogP contribution in [0.25, 0.3) is 0 Å². The second kappa shape index (κ2) is 10.5. The molecule has 0 amide bonds. The van der Waals surface area contributed by atoms with E-state index in [0.29, 0.717) is 17.4 Å². The van der Waals surface area contributed by atoms with Crippen molar-refractivity contribution in [3.8, 4) is 17.7 Å². The number of ether oxygens (including phenoxy) is 1. The molecular weight excluding hydrogens is 468 g/mol. The third kappa shape index (κ3) is 5.54. The van der Waals surface area contributed by atoms with E-state index in [1.165, 1.54) is 0 Å². The van der Waals surface area contributed by atoms with Gasteiger partial charge in [0.2, 0.25) is 11.8 Å². The molecule has 0 spiro atoms. The summed E-state index contributed by atoms with van der Waals surface area (Å²) in [6.45, 7) is 6.53. The predicted molar refractivity (Wildman–Crippen MR) is 140 cm³/mol. The number of aryl methyl sites for hydroxylation is 3. The lowest BCUT2D eigenvalue weighted by molar-refractivity contribution is -0.384. The van der Waals surface area contributed by atoms with Gasteiger partial charge in [-0.25, -0.2) is 4.98 Å². The normalized spacial score (nSPS) is 15.7. The zero-order chi connectivity index (χ0) is 25.9. The van der Waals surface area contributed by atoms with Gasteiger partial charge in [0.1, 0.15) is 5.75 Å². The predicted octanol–water partition coefficient (Wildman–Crippen LogP) is 5.23. The van der Waals surface area contributed by atoms with Crippen LogP contribution in [0.2, 0.25) is 0 Å². The molecule has 2 aromatic carbocycles. The van der Waals surface area contributed by atoms with Gasteiger partial charge in [-0.2, -0.15) is 10.2 Å². The Bertz CT molecular complexity index is 1330. The van der Waals surface area contributed by atoms with Crippen LogP contribution in [0.3, 0.4) is 0 Å². The molecule has 37 heavy (non-hydrogen) atoms. The molecule has 0 bridgehead atoms. The van der Waals surface area contributed by atoms with E-state index in [0.717, 1.165) is 85.4 Å². The summed E-state index contributed by atoms with van der Waals surface area (Å²) in [5.41, 5.74) is 5.77. The van der Waals surface area contributed by atoms with Crippen LogP contribution < -0.4 is 10.1 Å². The van der Waals surface area contributed by atoms with Crippen LogP contribution in [0, 0.1) is 35.3 Å². The highest BCUT2D eigenvalue weighted by Crippen LogP contribution is 2.35. The molecule has 1 aliphatic carbocycles. The molecule has 0 unspecified atom stereocenters. The lowest BCUT2D eigenvalue weighted by Gasteiger charge is -2.32. The molecule has 3 aromatic rings. The van der Waals surface area contributed by atoms with Gasteiger partial charge in [0, 0.05) is 43.4 Å². The monoisotopic (exact) mass is 498 g/mol. The number of hydrogen-bond donors (Lipinski definition) is 1. The van der Waals surface area contributed by atoms with Crippen molar-refractivity contribution in [2.75, 3.05) is 18.4 Å². The first-order chi connectivity index (χ1) is 17.9. The van der Waals surface area contributed by atoms with Crippen LogP contribution in [0.5, 0.6) is 11.6 Å². The smallest absolute Gasteiger partial charge is 0.269 e. The fourth-order valence-electron chi connectivity index (χ4n) is 5.22. The average molecular weight is 499 g/mol. The first kappa shape index (κ1) is 24.7. The number of piperidine rings is 1. The molecule has 9 nitrogen and oxygen atoms in total. The van der Waals surface area contributed by atoms with E-state index in [9.17, 15) is 15.4 Å². The molecule has 1 N–H and O–H groups in total. The van der Waals surface area contributed by atoms with Gasteiger partial charge in [0.25, 0.3) is 5.69 Å². The van der Waals surface area contributed by atoms with E-state index < -0.39 is 0 Å². The summed E-state index contributed by atoms with van der Waals surface area (Å²) in [6, 6.07) is 12.9. The Kier molecular flexibility index (Phi) is 7.01. The van der Waals surface area contributed by atoms with Crippen LogP contribution in [-0.2, 0) is 19.4 Å². The van der Waals surface area contributed by atoms with Crippen molar-refractivity contribution in [1.82, 2.24) is 14.9 Å². The summed E-state index contributed by atoms with van der Waals surface area (Å²) in [4.78, 5) is 22.5. The summed E-state index contributed by atoms with van der Waals surface area (Å²) < 4.78 is 6.37. The van der Waals surface area contributed by atoms with Crippen LogP contribution in [0.15, 0.2) is 36.4 Å². The maximum Gasteiger partial charge on any atom is 0.269 e. The van der Waals surface area contributed by atoms with Crippen molar-refractivity contribution in [3.63, 3.8) is 0 Å². The van der Waals surface area contributed by atoms with E-state index in [1.807, 2.05) is 38.1 Å². The highest BCUT2D eigenvalue weighted by atomic mass is 16.6. The van der Waals surface area contributed by atoms with Crippen LogP contribution in [0.4, 0.5) is 11.6 Å². The highest BCUT2D eigenvalue weighted by molar-refractivity contribution is 5.50. The fraction of sp³-hybridized carbons (Fsp3) is 0.393. The van der Waals surface area contributed by atoms with Crippen molar-refractivity contribution in [1.29, 1.82) is 5.26 Å². The molecule has 1 fully saturated rings. The zero-order valence-corrected chi connectivity index (χ0v) is 21.2. The maximum atomic E-state index is 10.9. The van der Waals surface area contributed by atoms with Gasteiger partial charge in [-0.1, -0.05) is 12.1 Å². The summed E-state index contributed by atoms with van der Waals surface area (Å²) >= 11 is 0. The van der Waals surface area contributed by atoms with Gasteiger partial charge < -0.3 is 10.1 Å². The Morgan fingerprint density at radius 2 is 1.84 bits per heavy atom. The summed E-state index contributed by atoms with van der Waals surface area (Å²) in [6.07, 6.45) is 4.77. The van der Waals surface area contributed by atoms with Gasteiger partial charge >= 0.3 is 0 Å². The largest absolute Gasteiger partial charge is 0.438 e. The zero-order valence-electron chi connectivity index (χ0n) is 21.2. The Morgan fingerprint density at radius 1 is 1.14 bits per heavy atom. The minimum Gasteiger partial charge on any atom is -0.438 e. The standard InChI is InChI=1S/C28H30N6O3/c1-18-14-21(16-29)15-19(2)26(18)37-27-24-4-3-5-25(24)31-28(32-27)30-22-10-12-33(13-11-22)17-20-6-8-23(9-7-20)34(35)36/h6-9,14-15,22H,3-5,10-13,17H2,1-2H3,(H,30,31,32). The topological polar surface area (TPSA) is 117 Å². The number of nitrogens with zero attached hydrogens (tertiary/aromatic N) is 5. The first-order valence-corrected chi connectivity index (χ1v) is 12.7. The number of nitriles is 1. The Labute approximate surface area is 216 Å². The summed E-state index contributed by atoms with van der Waals surface area (Å²) in [7, 11) is 0. The lowest BCUT2D eigenvalue weighted by Crippen LogP contribution is -2.39. The van der Waals surface area contributed by atoms with Crippen molar-refractivity contribution in [2.24, 2.45) is 0 Å². The number of nitro groups is 1. The number of aromatic nitrogens is 2. The molecule has 5 rings (SSSR count). The minimum absolute atomic E-state index is 0.119. The number of hydrogen-bond acceptors (Lipinski definition) is 8. The molecule has 9 heteroatoms. The van der Waals surface area contributed by atoms with Crippen molar-refractivity contribution in [2.45, 2.75) is 58.5 Å². The molecule has 0 radical (unpaired) electrons. The molecular formula is C28H30N6O3. The Morgan fingerprint density at radius 3 is 2.49 bits per heavy atom. The number of fused-ring (bicyclic) bond motifs is 1. The SMILES string of the molecule is Cc1cc(C#N)cc(C)c1Oc1nc(NC2CCN(Cc3ccc([N+](=O)[O-])cc3)CC2)nc2c1CCC2. The van der Waals surface area contributed by atoms with Gasteiger partial charge in [-0.05, 0) is 74.8 Å². The molecule has 190 valence electrons. The third-order valence-electron chi connectivity index (χ3n) is 7.16. The van der Waals surface area contributed by atoms with Gasteiger partial charge in [0.05, 0.1) is 22.2 Å². The molecule has 0 saturated carbocycles. The van der Waals surface area contributed by atoms with Gasteiger partial charge in [0.15, 0.2) is 0 Å². The minimum atomic E-state index is -0.370. The van der Waals surface area contributed by atoms with Crippen LogP contribution in [0.1, 0.15) is 52.8 Å². The molecule has 1 aliphatic heterocycles. The van der Waals surface area contributed by atoms with E-state index >= 15 is 0 Å². The van der Waals surface area contributed by atoms with Crippen molar-refractivity contribution < 1.29 is 9.66 Å². The molecule has 2 heterocycles. The molecule has 0 atom stereocenters. The molecule has 2 aliphatic rings. The number of rotatable bonds is 7. The van der Waals surface area contributed by atoms with E-state index in [4.69, 9.17) is 14.7 Å². The third-order valence-corrected chi connectivity index (χ3v) is 7.16. The number of nitrogens with one attached hydrogen (secondary N) is 1. The van der Waals surface area contributed by atoms with E-state index in [1.54, 1.807) is 12.1 Å². The second-order valence-electron chi connectivity index (χ2n) is 9.90. The lowest BCUT2D eigenvalue weighted by atomic mass is 10.0. The highest BCUT2D eigenvalue weighted by Gasteiger charge is 2.25. The number of non-ortho nitro benzene ring substituents is 1. The second-order valence-corrected chi connectivity index (χ2v) is 9.90. The van der Waals surface area contributed by atoms with E-state index in [2.05, 4.69) is 16.3 Å². The number of benzene rings is 2. The van der Waals surface area contributed by atoms with E-state index in [-0.39, 0.29) is 16.7 Å². The van der Waals surface area contributed by atoms with Crippen LogP contribution >= 0.6 is 0 Å². The van der Waals surface area contributed by atoms with Gasteiger partial charge in [-0.3, -0.25) is 15.0 Å². The summed E-state index contributed by atoms with van der Waals surface area (Å²) in [5, 5.41) is 23.7. The molecule has 1 saturated heterocycles. The van der Waals surface area contributed by atoms with Crippen molar-refractivity contribution >= 4 is 11.6 Å². The summed E-state index contributed by atoms with van der Waals surface area (Å²) in [5.74, 6) is 1.96. The van der Waals surface area contributed by atoms with Gasteiger partial charge in [-0.15, -0.1) is 0 Å². The average Bonchev–Trinajstić information content (AvgIpc) is 3.36. The Hall–Kier alpha value is -4.03. The number of likely N-dealkylation sites (tertiary alicyclic amines) is 1. The van der Waals surface area contributed by atoms with Crippen LogP contribution in [-0.4, -0.2) is 38.9 Å². The fourth-order valence-corrected chi connectivity index (χ4v) is 5.22. The first-order valence-electron chi connectivity index (χ1n) is 12.7. The van der Waals surface area contributed by atoms with Crippen molar-refractivity contribution in [3.05, 3.63) is 80.0 Å². The quantitative estimate of drug-likeness (QED) is 0.348. The maximum absolute atomic E-state index is 10.9. The number of anilines is 1. The number of nitro benzene ring substituents is 1. The Balaban J connectivity index is 1.25.